The fourth-order valence-corrected chi connectivity index (χ4v) is 2.84. The van der Waals surface area contributed by atoms with Crippen LogP contribution in [0.2, 0.25) is 5.02 Å². The molecule has 4 aromatic rings. The Bertz CT molecular complexity index is 1120. The van der Waals surface area contributed by atoms with Crippen molar-refractivity contribution in [3.05, 3.63) is 76.2 Å². The van der Waals surface area contributed by atoms with Crippen LogP contribution in [-0.2, 0) is 0 Å². The van der Waals surface area contributed by atoms with E-state index in [1.165, 1.54) is 6.20 Å². The number of nitrogens with one attached hydrogen (secondary N) is 2. The van der Waals surface area contributed by atoms with Gasteiger partial charge in [-0.1, -0.05) is 35.9 Å². The van der Waals surface area contributed by atoms with Crippen LogP contribution < -0.4 is 15.6 Å². The van der Waals surface area contributed by atoms with Gasteiger partial charge in [0.15, 0.2) is 5.65 Å². The van der Waals surface area contributed by atoms with Crippen molar-refractivity contribution >= 4 is 28.6 Å². The molecule has 0 atom stereocenters. The zero-order valence-electron chi connectivity index (χ0n) is 14.2. The van der Waals surface area contributed by atoms with Gasteiger partial charge in [0, 0.05) is 5.02 Å². The van der Waals surface area contributed by atoms with E-state index < -0.39 is 0 Å². The molecule has 0 radical (unpaired) electrons. The number of hydrogen-bond donors (Lipinski definition) is 2. The third-order valence-corrected chi connectivity index (χ3v) is 4.13. The summed E-state index contributed by atoms with van der Waals surface area (Å²) in [6.45, 7) is 0.848. The van der Waals surface area contributed by atoms with Crippen molar-refractivity contribution in [1.29, 1.82) is 0 Å². The molecule has 0 aliphatic rings. The Balaban J connectivity index is 1.50. The van der Waals surface area contributed by atoms with Crippen LogP contribution in [0.15, 0.2) is 65.6 Å². The van der Waals surface area contributed by atoms with Crippen molar-refractivity contribution in [2.75, 3.05) is 18.5 Å². The Morgan fingerprint density at radius 2 is 2.00 bits per heavy atom. The minimum Gasteiger partial charge on any atom is -0.492 e. The second kappa shape index (κ2) is 7.51. The van der Waals surface area contributed by atoms with Gasteiger partial charge in [0.1, 0.15) is 17.7 Å². The summed E-state index contributed by atoms with van der Waals surface area (Å²) in [6, 6.07) is 16.7. The minimum atomic E-state index is -0.250. The number of hydrogen-bond acceptors (Lipinski definition) is 5. The van der Waals surface area contributed by atoms with Crippen molar-refractivity contribution < 1.29 is 4.74 Å². The van der Waals surface area contributed by atoms with Crippen LogP contribution in [0.4, 0.5) is 5.95 Å². The number of nitrogens with zero attached hydrogens (tertiary/aromatic N) is 3. The lowest BCUT2D eigenvalue weighted by Crippen LogP contribution is -2.17. The molecule has 2 aromatic carbocycles. The van der Waals surface area contributed by atoms with Crippen molar-refractivity contribution in [3.8, 4) is 11.4 Å². The van der Waals surface area contributed by atoms with Crippen LogP contribution in [0, 0.1) is 0 Å². The predicted octanol–water partition coefficient (Wildman–Crippen LogP) is 3.25. The maximum atomic E-state index is 12.3. The first-order valence-electron chi connectivity index (χ1n) is 8.36. The summed E-state index contributed by atoms with van der Waals surface area (Å²) in [5, 5.41) is 8.39. The van der Waals surface area contributed by atoms with E-state index in [0.29, 0.717) is 40.9 Å². The first kappa shape index (κ1) is 17.1. The van der Waals surface area contributed by atoms with E-state index >= 15 is 0 Å². The van der Waals surface area contributed by atoms with Gasteiger partial charge in [-0.15, -0.1) is 0 Å². The summed E-state index contributed by atoms with van der Waals surface area (Å²) in [5.74, 6) is 1.04. The minimum absolute atomic E-state index is 0.250. The maximum Gasteiger partial charge on any atom is 0.263 e. The molecule has 0 saturated carbocycles. The number of fused-ring (bicyclic) bond motifs is 1. The molecule has 27 heavy (non-hydrogen) atoms. The molecule has 0 aliphatic carbocycles. The van der Waals surface area contributed by atoms with E-state index in [-0.39, 0.29) is 5.56 Å². The Kier molecular flexibility index (Phi) is 4.76. The van der Waals surface area contributed by atoms with E-state index in [1.54, 1.807) is 16.8 Å². The molecule has 0 fully saturated rings. The number of rotatable bonds is 6. The average Bonchev–Trinajstić information content (AvgIpc) is 3.11. The van der Waals surface area contributed by atoms with Gasteiger partial charge >= 0.3 is 0 Å². The van der Waals surface area contributed by atoms with Gasteiger partial charge in [0.25, 0.3) is 5.56 Å². The van der Waals surface area contributed by atoms with Crippen LogP contribution in [0.5, 0.6) is 5.75 Å². The van der Waals surface area contributed by atoms with Gasteiger partial charge in [-0.05, 0) is 30.3 Å². The summed E-state index contributed by atoms with van der Waals surface area (Å²) in [6.07, 6.45) is 1.51. The van der Waals surface area contributed by atoms with Gasteiger partial charge in [0.2, 0.25) is 5.95 Å². The van der Waals surface area contributed by atoms with E-state index in [1.807, 2.05) is 42.5 Å². The molecule has 0 spiro atoms. The average molecular weight is 382 g/mol. The molecule has 136 valence electrons. The van der Waals surface area contributed by atoms with E-state index in [0.717, 1.165) is 5.69 Å². The van der Waals surface area contributed by atoms with Crippen LogP contribution in [-0.4, -0.2) is 32.9 Å². The van der Waals surface area contributed by atoms with Gasteiger partial charge in [-0.25, -0.2) is 4.68 Å². The number of H-pyrrole nitrogens is 1. The molecule has 0 amide bonds. The van der Waals surface area contributed by atoms with Crippen LogP contribution >= 0.6 is 11.6 Å². The molecule has 8 heteroatoms. The Morgan fingerprint density at radius 3 is 2.81 bits per heavy atom. The zero-order chi connectivity index (χ0) is 18.6. The zero-order valence-corrected chi connectivity index (χ0v) is 15.0. The lowest BCUT2D eigenvalue weighted by Gasteiger charge is -2.09. The summed E-state index contributed by atoms with van der Waals surface area (Å²) >= 11 is 5.93. The Morgan fingerprint density at radius 1 is 1.15 bits per heavy atom. The topological polar surface area (TPSA) is 84.8 Å². The predicted molar refractivity (Wildman–Crippen MR) is 105 cm³/mol. The molecule has 0 saturated heterocycles. The summed E-state index contributed by atoms with van der Waals surface area (Å²) in [5.41, 5.74) is 1.07. The smallest absolute Gasteiger partial charge is 0.263 e. The number of aromatic amines is 1. The molecule has 0 unspecified atom stereocenters. The van der Waals surface area contributed by atoms with Gasteiger partial charge < -0.3 is 10.1 Å². The molecule has 4 rings (SSSR count). The van der Waals surface area contributed by atoms with Crippen LogP contribution in [0.1, 0.15) is 0 Å². The largest absolute Gasteiger partial charge is 0.492 e. The maximum absolute atomic E-state index is 12.3. The van der Waals surface area contributed by atoms with Crippen molar-refractivity contribution in [2.45, 2.75) is 0 Å². The van der Waals surface area contributed by atoms with Crippen LogP contribution in [0.3, 0.4) is 0 Å². The summed E-state index contributed by atoms with van der Waals surface area (Å²) in [4.78, 5) is 19.5. The third-order valence-electron chi connectivity index (χ3n) is 3.90. The number of para-hydroxylation sites is 1. The molecular weight excluding hydrogens is 366 g/mol. The lowest BCUT2D eigenvalue weighted by molar-refractivity contribution is 0.332. The fraction of sp³-hybridized carbons (Fsp3) is 0.105. The molecule has 0 aliphatic heterocycles. The highest BCUT2D eigenvalue weighted by molar-refractivity contribution is 6.30. The number of aromatic nitrogens is 4. The quantitative estimate of drug-likeness (QED) is 0.501. The first-order chi connectivity index (χ1) is 13.2. The van der Waals surface area contributed by atoms with Crippen molar-refractivity contribution in [3.63, 3.8) is 0 Å². The van der Waals surface area contributed by atoms with Crippen LogP contribution in [0.25, 0.3) is 16.7 Å². The standard InChI is InChI=1S/C19H16ClN5O2/c20-13-5-4-8-15(11-13)27-10-9-21-19-23-17-16(18(26)24-19)12-22-25(17)14-6-2-1-3-7-14/h1-8,11-12H,9-10H2,(H2,21,23,24,26). The SMILES string of the molecule is O=c1[nH]c(NCCOc2cccc(Cl)c2)nc2c1cnn2-c1ccccc1. The Labute approximate surface area is 159 Å². The molecule has 2 N–H and O–H groups in total. The lowest BCUT2D eigenvalue weighted by atomic mass is 10.3. The summed E-state index contributed by atoms with van der Waals surface area (Å²) in [7, 11) is 0. The van der Waals surface area contributed by atoms with Gasteiger partial charge in [0.05, 0.1) is 18.4 Å². The number of anilines is 1. The van der Waals surface area contributed by atoms with Crippen molar-refractivity contribution in [1.82, 2.24) is 19.7 Å². The number of benzene rings is 2. The van der Waals surface area contributed by atoms with E-state index in [4.69, 9.17) is 16.3 Å². The Hall–Kier alpha value is -3.32. The second-order valence-electron chi connectivity index (χ2n) is 5.78. The highest BCUT2D eigenvalue weighted by Gasteiger charge is 2.11. The molecular formula is C19H16ClN5O2. The van der Waals surface area contributed by atoms with E-state index in [2.05, 4.69) is 20.4 Å². The monoisotopic (exact) mass is 381 g/mol. The number of ether oxygens (including phenoxy) is 1. The second-order valence-corrected chi connectivity index (χ2v) is 6.21. The molecule has 2 aromatic heterocycles. The fourth-order valence-electron chi connectivity index (χ4n) is 2.66. The highest BCUT2D eigenvalue weighted by atomic mass is 35.5. The first-order valence-corrected chi connectivity index (χ1v) is 8.74. The van der Waals surface area contributed by atoms with Gasteiger partial charge in [-0.3, -0.25) is 9.78 Å². The summed E-state index contributed by atoms with van der Waals surface area (Å²) < 4.78 is 7.26. The molecule has 0 bridgehead atoms. The molecule has 2 heterocycles. The van der Waals surface area contributed by atoms with Gasteiger partial charge in [-0.2, -0.15) is 10.1 Å². The highest BCUT2D eigenvalue weighted by Crippen LogP contribution is 2.17. The van der Waals surface area contributed by atoms with E-state index in [9.17, 15) is 4.79 Å². The third kappa shape index (κ3) is 3.78. The molecule has 7 nitrogen and oxygen atoms in total. The van der Waals surface area contributed by atoms with Crippen molar-refractivity contribution in [2.24, 2.45) is 0 Å². The number of halogens is 1. The normalized spacial score (nSPS) is 10.9.